The van der Waals surface area contributed by atoms with Crippen molar-refractivity contribution in [3.8, 4) is 0 Å². The topological polar surface area (TPSA) is 12.0 Å². The van der Waals surface area contributed by atoms with Gasteiger partial charge in [0.15, 0.2) is 0 Å². The van der Waals surface area contributed by atoms with Gasteiger partial charge in [-0.3, -0.25) is 0 Å². The molecule has 0 saturated carbocycles. The van der Waals surface area contributed by atoms with Crippen molar-refractivity contribution in [1.29, 1.82) is 0 Å². The van der Waals surface area contributed by atoms with Crippen LogP contribution in [0.25, 0.3) is 0 Å². The lowest BCUT2D eigenvalue weighted by Gasteiger charge is -2.28. The Morgan fingerprint density at radius 1 is 1.21 bits per heavy atom. The van der Waals surface area contributed by atoms with Crippen LogP contribution in [0.3, 0.4) is 0 Å². The summed E-state index contributed by atoms with van der Waals surface area (Å²) in [5.74, 6) is -0.184. The van der Waals surface area contributed by atoms with Crippen LogP contribution in [0.4, 0.5) is 10.1 Å². The highest BCUT2D eigenvalue weighted by Crippen LogP contribution is 2.38. The summed E-state index contributed by atoms with van der Waals surface area (Å²) < 4.78 is 14.1. The van der Waals surface area contributed by atoms with Crippen LogP contribution in [-0.2, 0) is 6.42 Å². The summed E-state index contributed by atoms with van der Waals surface area (Å²) in [4.78, 5) is 0. The van der Waals surface area contributed by atoms with Gasteiger partial charge in [0, 0.05) is 4.47 Å². The number of benzene rings is 2. The lowest BCUT2D eigenvalue weighted by atomic mass is 9.92. The lowest BCUT2D eigenvalue weighted by molar-refractivity contribution is 0.622. The van der Waals surface area contributed by atoms with Gasteiger partial charge in [-0.2, -0.15) is 0 Å². The molecule has 1 aliphatic rings. The Kier molecular flexibility index (Phi) is 3.31. The van der Waals surface area contributed by atoms with Gasteiger partial charge in [-0.05, 0) is 70.6 Å². The number of fused-ring (bicyclic) bond motifs is 1. The molecule has 1 heterocycles. The zero-order valence-corrected chi connectivity index (χ0v) is 12.3. The van der Waals surface area contributed by atoms with Crippen molar-refractivity contribution in [1.82, 2.24) is 0 Å². The first-order valence-corrected chi connectivity index (χ1v) is 7.24. The van der Waals surface area contributed by atoms with E-state index in [0.29, 0.717) is 0 Å². The number of hydrogen-bond acceptors (Lipinski definition) is 1. The largest absolute Gasteiger partial charge is 0.377 e. The van der Waals surface area contributed by atoms with Gasteiger partial charge in [0.25, 0.3) is 0 Å². The highest BCUT2D eigenvalue weighted by Gasteiger charge is 2.21. The maximum atomic E-state index is 13.0. The second-order valence-corrected chi connectivity index (χ2v) is 5.92. The van der Waals surface area contributed by atoms with Gasteiger partial charge in [0.2, 0.25) is 0 Å². The quantitative estimate of drug-likeness (QED) is 0.780. The van der Waals surface area contributed by atoms with Gasteiger partial charge < -0.3 is 5.32 Å². The minimum Gasteiger partial charge on any atom is -0.377 e. The molecular formula is C16H15BrFN. The van der Waals surface area contributed by atoms with Gasteiger partial charge in [-0.25, -0.2) is 4.39 Å². The molecule has 0 amide bonds. The molecule has 1 aliphatic heterocycles. The van der Waals surface area contributed by atoms with E-state index in [2.05, 4.69) is 40.3 Å². The summed E-state index contributed by atoms with van der Waals surface area (Å²) in [7, 11) is 0. The maximum Gasteiger partial charge on any atom is 0.123 e. The van der Waals surface area contributed by atoms with E-state index in [4.69, 9.17) is 0 Å². The third kappa shape index (κ3) is 2.52. The summed E-state index contributed by atoms with van der Waals surface area (Å²) in [5.41, 5.74) is 4.93. The van der Waals surface area contributed by atoms with E-state index in [1.807, 2.05) is 12.1 Å². The van der Waals surface area contributed by atoms with E-state index >= 15 is 0 Å². The van der Waals surface area contributed by atoms with Crippen molar-refractivity contribution in [2.75, 3.05) is 5.32 Å². The highest BCUT2D eigenvalue weighted by atomic mass is 79.9. The Morgan fingerprint density at radius 2 is 1.95 bits per heavy atom. The number of hydrogen-bond donors (Lipinski definition) is 1. The highest BCUT2D eigenvalue weighted by molar-refractivity contribution is 9.10. The maximum absolute atomic E-state index is 13.0. The van der Waals surface area contributed by atoms with E-state index in [-0.39, 0.29) is 11.9 Å². The van der Waals surface area contributed by atoms with Crippen molar-refractivity contribution < 1.29 is 4.39 Å². The van der Waals surface area contributed by atoms with Gasteiger partial charge in [-0.15, -0.1) is 0 Å². The fourth-order valence-corrected chi connectivity index (χ4v) is 3.39. The zero-order chi connectivity index (χ0) is 13.4. The second kappa shape index (κ2) is 4.97. The van der Waals surface area contributed by atoms with E-state index in [0.717, 1.165) is 22.9 Å². The third-order valence-electron chi connectivity index (χ3n) is 3.61. The molecule has 0 aliphatic carbocycles. The van der Waals surface area contributed by atoms with Crippen molar-refractivity contribution in [2.24, 2.45) is 0 Å². The van der Waals surface area contributed by atoms with Crippen LogP contribution in [0.15, 0.2) is 40.9 Å². The normalized spacial score (nSPS) is 17.7. The van der Waals surface area contributed by atoms with Crippen molar-refractivity contribution in [3.05, 3.63) is 63.4 Å². The van der Waals surface area contributed by atoms with Crippen LogP contribution in [0.5, 0.6) is 0 Å². The molecule has 2 aromatic rings. The number of aryl methyl sites for hydroxylation is 2. The molecule has 1 atom stereocenters. The lowest BCUT2D eigenvalue weighted by Crippen LogP contribution is -2.18. The number of nitrogens with one attached hydrogen (secondary N) is 1. The summed E-state index contributed by atoms with van der Waals surface area (Å²) in [6.07, 6.45) is 2.08. The fraction of sp³-hybridized carbons (Fsp3) is 0.250. The summed E-state index contributed by atoms with van der Waals surface area (Å²) >= 11 is 3.62. The van der Waals surface area contributed by atoms with Gasteiger partial charge in [0.05, 0.1) is 11.7 Å². The first-order chi connectivity index (χ1) is 9.13. The Balaban J connectivity index is 1.92. The smallest absolute Gasteiger partial charge is 0.123 e. The Hall–Kier alpha value is -1.35. The van der Waals surface area contributed by atoms with Crippen LogP contribution < -0.4 is 5.32 Å². The van der Waals surface area contributed by atoms with Crippen LogP contribution in [0.1, 0.15) is 29.2 Å². The fourth-order valence-electron chi connectivity index (χ4n) is 2.66. The Morgan fingerprint density at radius 3 is 2.68 bits per heavy atom. The standard InChI is InChI=1S/C16H15BrFN/c1-10-8-12-4-7-15(19-16(12)14(17)9-10)11-2-5-13(18)6-3-11/h2-3,5-6,8-9,15,19H,4,7H2,1H3. The van der Waals surface area contributed by atoms with Gasteiger partial charge in [0.1, 0.15) is 5.82 Å². The first-order valence-electron chi connectivity index (χ1n) is 6.44. The average Bonchev–Trinajstić information content (AvgIpc) is 2.39. The number of halogens is 2. The van der Waals surface area contributed by atoms with Gasteiger partial charge >= 0.3 is 0 Å². The van der Waals surface area contributed by atoms with Crippen molar-refractivity contribution >= 4 is 21.6 Å². The monoisotopic (exact) mass is 319 g/mol. The molecule has 0 saturated heterocycles. The molecule has 0 radical (unpaired) electrons. The summed E-state index contributed by atoms with van der Waals surface area (Å²) in [6, 6.07) is 11.4. The molecule has 0 aromatic heterocycles. The molecule has 0 spiro atoms. The van der Waals surface area contributed by atoms with Crippen molar-refractivity contribution in [2.45, 2.75) is 25.8 Å². The predicted octanol–water partition coefficient (Wildman–Crippen LogP) is 5.00. The summed E-state index contributed by atoms with van der Waals surface area (Å²) in [6.45, 7) is 2.11. The number of rotatable bonds is 1. The van der Waals surface area contributed by atoms with Gasteiger partial charge in [-0.1, -0.05) is 18.2 Å². The average molecular weight is 320 g/mol. The summed E-state index contributed by atoms with van der Waals surface area (Å²) in [5, 5.41) is 3.56. The first kappa shape index (κ1) is 12.7. The minimum atomic E-state index is -0.184. The Labute approximate surface area is 121 Å². The minimum absolute atomic E-state index is 0.184. The molecule has 3 heteroatoms. The zero-order valence-electron chi connectivity index (χ0n) is 10.7. The molecule has 0 bridgehead atoms. The molecule has 1 unspecified atom stereocenters. The predicted molar refractivity (Wildman–Crippen MR) is 80.0 cm³/mol. The Bertz CT molecular complexity index is 607. The van der Waals surface area contributed by atoms with E-state index in [1.54, 1.807) is 0 Å². The second-order valence-electron chi connectivity index (χ2n) is 5.07. The van der Waals surface area contributed by atoms with Crippen LogP contribution in [-0.4, -0.2) is 0 Å². The van der Waals surface area contributed by atoms with Crippen LogP contribution in [0.2, 0.25) is 0 Å². The molecule has 0 fully saturated rings. The molecule has 3 rings (SSSR count). The van der Waals surface area contributed by atoms with E-state index in [1.165, 1.54) is 28.9 Å². The third-order valence-corrected chi connectivity index (χ3v) is 4.23. The van der Waals surface area contributed by atoms with Crippen molar-refractivity contribution in [3.63, 3.8) is 0 Å². The van der Waals surface area contributed by atoms with E-state index in [9.17, 15) is 4.39 Å². The molecule has 98 valence electrons. The molecule has 2 aromatic carbocycles. The molecule has 1 nitrogen and oxygen atoms in total. The van der Waals surface area contributed by atoms with Crippen LogP contribution in [0, 0.1) is 12.7 Å². The number of anilines is 1. The molecule has 19 heavy (non-hydrogen) atoms. The molecule has 1 N–H and O–H groups in total. The van der Waals surface area contributed by atoms with E-state index < -0.39 is 0 Å². The molecular weight excluding hydrogens is 305 g/mol. The SMILES string of the molecule is Cc1cc(Br)c2c(c1)CCC(c1ccc(F)cc1)N2. The van der Waals surface area contributed by atoms with Crippen LogP contribution >= 0.6 is 15.9 Å².